The first kappa shape index (κ1) is 80.7. The minimum absolute atomic E-state index is 0.00269. The summed E-state index contributed by atoms with van der Waals surface area (Å²) in [7, 11) is 0. The summed E-state index contributed by atoms with van der Waals surface area (Å²) in [4.78, 5) is 26.1. The summed E-state index contributed by atoms with van der Waals surface area (Å²) >= 11 is 0. The summed E-state index contributed by atoms with van der Waals surface area (Å²) in [5.41, 5.74) is -2.91. The van der Waals surface area contributed by atoms with Gasteiger partial charge in [0, 0.05) is 0 Å². The van der Waals surface area contributed by atoms with Crippen molar-refractivity contribution in [1.29, 1.82) is 0 Å². The van der Waals surface area contributed by atoms with Gasteiger partial charge in [-0.25, -0.2) is 9.59 Å². The number of ether oxygens (including phenoxy) is 16. The summed E-state index contributed by atoms with van der Waals surface area (Å²) in [6, 6.07) is 0. The summed E-state index contributed by atoms with van der Waals surface area (Å²) in [5, 5.41) is 80.0. The molecule has 26 heteroatoms. The van der Waals surface area contributed by atoms with E-state index in [0.717, 1.165) is 0 Å². The third-order valence-corrected chi connectivity index (χ3v) is 12.0. The molecule has 0 aromatic carbocycles. The molecule has 12 atom stereocenters. The quantitative estimate of drug-likeness (QED) is 0.0406. The Morgan fingerprint density at radius 2 is 0.470 bits per heavy atom. The molecule has 0 aliphatic carbocycles. The molecule has 0 radical (unpaired) electrons. The number of carbonyl (C=O) groups excluding carboxylic acids is 2. The molecule has 8 N–H and O–H groups in total. The predicted molar refractivity (Wildman–Crippen MR) is 302 cm³/mol. The molecule has 83 heavy (non-hydrogen) atoms. The maximum atomic E-state index is 13.1. The van der Waals surface area contributed by atoms with E-state index in [4.69, 9.17) is 75.8 Å². The third-order valence-electron chi connectivity index (χ3n) is 12.0. The highest BCUT2D eigenvalue weighted by atomic mass is 16.7. The molecule has 0 fully saturated rings. The Bertz CT molecular complexity index is 1450. The van der Waals surface area contributed by atoms with Gasteiger partial charge in [-0.05, 0) is 81.1 Å². The van der Waals surface area contributed by atoms with Gasteiger partial charge >= 0.3 is 12.3 Å². The van der Waals surface area contributed by atoms with E-state index < -0.39 is 102 Å². The van der Waals surface area contributed by atoms with E-state index in [9.17, 15) is 50.4 Å². The van der Waals surface area contributed by atoms with Crippen molar-refractivity contribution in [2.75, 3.05) is 159 Å². The number of carbonyl (C=O) groups is 2. The zero-order chi connectivity index (χ0) is 62.7. The lowest BCUT2D eigenvalue weighted by Crippen LogP contribution is -2.44. The van der Waals surface area contributed by atoms with Crippen molar-refractivity contribution in [3.05, 3.63) is 0 Å². The fourth-order valence-electron chi connectivity index (χ4n) is 7.32. The van der Waals surface area contributed by atoms with Crippen molar-refractivity contribution in [1.82, 2.24) is 0 Å². The summed E-state index contributed by atoms with van der Waals surface area (Å²) < 4.78 is 93.2. The molecule has 12 unspecified atom stereocenters. The van der Waals surface area contributed by atoms with Gasteiger partial charge in [0.2, 0.25) is 0 Å². The van der Waals surface area contributed by atoms with Crippen molar-refractivity contribution in [3.8, 4) is 0 Å². The molecule has 0 aromatic heterocycles. The van der Waals surface area contributed by atoms with Crippen LogP contribution in [0, 0.1) is 16.2 Å². The van der Waals surface area contributed by atoms with E-state index >= 15 is 0 Å². The normalized spacial score (nSPS) is 18.7. The number of rotatable bonds is 56. The van der Waals surface area contributed by atoms with E-state index in [1.54, 1.807) is 55.4 Å². The second-order valence-corrected chi connectivity index (χ2v) is 22.5. The molecule has 0 heterocycles. The lowest BCUT2D eigenvalue weighted by Gasteiger charge is -2.34. The van der Waals surface area contributed by atoms with E-state index in [2.05, 4.69) is 0 Å². The zero-order valence-corrected chi connectivity index (χ0v) is 52.2. The SMILES string of the molecule is CCC(O)COCC(COCC(O)CC)(COCC(O)CC)COCC(CC)OC(=O)OC(C)COCC(COCC(C)O)(COCC(C)O)COCC(C)OC(=O)OC(C)COCC(COCC(C)O)(COCC(C)O)COCC(C)O. The molecule has 0 aliphatic rings. The smallest absolute Gasteiger partial charge is 0.429 e. The fraction of sp³-hybridized carbons (Fsp3) is 0.965. The van der Waals surface area contributed by atoms with E-state index in [1.807, 2.05) is 27.7 Å². The lowest BCUT2D eigenvalue weighted by atomic mass is 9.92. The molecular formula is C57H112O26. The fourth-order valence-corrected chi connectivity index (χ4v) is 7.32. The molecule has 0 aromatic rings. The predicted octanol–water partition coefficient (Wildman–Crippen LogP) is 2.61. The van der Waals surface area contributed by atoms with Crippen molar-refractivity contribution >= 4 is 12.3 Å². The Hall–Kier alpha value is -2.26. The number of aliphatic hydroxyl groups is 8. The van der Waals surface area contributed by atoms with Gasteiger partial charge in [-0.1, -0.05) is 27.7 Å². The topological polar surface area (TPSA) is 344 Å². The van der Waals surface area contributed by atoms with Crippen molar-refractivity contribution in [2.24, 2.45) is 16.2 Å². The van der Waals surface area contributed by atoms with Gasteiger partial charge in [0.15, 0.2) is 0 Å². The van der Waals surface area contributed by atoms with Gasteiger partial charge < -0.3 is 117 Å². The highest BCUT2D eigenvalue weighted by Crippen LogP contribution is 2.25. The van der Waals surface area contributed by atoms with Crippen LogP contribution in [0.5, 0.6) is 0 Å². The van der Waals surface area contributed by atoms with Crippen LogP contribution in [0.1, 0.15) is 109 Å². The maximum absolute atomic E-state index is 13.1. The molecule has 0 aliphatic heterocycles. The van der Waals surface area contributed by atoms with Crippen molar-refractivity contribution in [2.45, 2.75) is 182 Å². The van der Waals surface area contributed by atoms with Crippen LogP contribution in [-0.4, -0.2) is 285 Å². The average molecular weight is 1210 g/mol. The van der Waals surface area contributed by atoms with Crippen LogP contribution in [-0.2, 0) is 75.8 Å². The molecular weight excluding hydrogens is 1100 g/mol. The lowest BCUT2D eigenvalue weighted by molar-refractivity contribution is -0.136. The third kappa shape index (κ3) is 43.1. The summed E-state index contributed by atoms with van der Waals surface area (Å²) in [6.07, 6.45) is -9.21. The Labute approximate surface area is 494 Å². The summed E-state index contributed by atoms with van der Waals surface area (Å²) in [6.45, 7) is 20.0. The van der Waals surface area contributed by atoms with Crippen LogP contribution in [0.15, 0.2) is 0 Å². The first-order valence-corrected chi connectivity index (χ1v) is 29.4. The van der Waals surface area contributed by atoms with Gasteiger partial charge in [-0.15, -0.1) is 0 Å². The van der Waals surface area contributed by atoms with E-state index in [0.29, 0.717) is 25.7 Å². The number of hydrogen-bond donors (Lipinski definition) is 8. The Balaban J connectivity index is 5.83. The van der Waals surface area contributed by atoms with Crippen LogP contribution in [0.2, 0.25) is 0 Å². The standard InChI is InChI=1S/C57H112O26/c1-13-49(63)25-76-37-57(38-77-26-50(64)14-2,39-78-27-51(65)15-3)40-79-28-52(16-4)83-54(67)82-48(12)24-75-36-56(32-71-20-44(8)61,33-72-21-45(9)62)35-74-23-47(11)81-53(66)80-46(10)22-73-34-55(29-68-17-41(5)58,30-69-18-42(6)59)31-70-19-43(7)60/h41-52,58-65H,13-40H2,1-12H3. The first-order valence-electron chi connectivity index (χ1n) is 29.4. The maximum Gasteiger partial charge on any atom is 0.508 e. The van der Waals surface area contributed by atoms with Crippen LogP contribution in [0.3, 0.4) is 0 Å². The van der Waals surface area contributed by atoms with Gasteiger partial charge in [-0.3, -0.25) is 0 Å². The van der Waals surface area contributed by atoms with E-state index in [-0.39, 0.29) is 159 Å². The van der Waals surface area contributed by atoms with Crippen LogP contribution >= 0.6 is 0 Å². The molecule has 0 rings (SSSR count). The molecule has 0 spiro atoms. The van der Waals surface area contributed by atoms with E-state index in [1.165, 1.54) is 0 Å². The van der Waals surface area contributed by atoms with Crippen LogP contribution in [0.4, 0.5) is 9.59 Å². The minimum Gasteiger partial charge on any atom is -0.429 e. The average Bonchev–Trinajstić information content (AvgIpc) is 3.42. The Kier molecular flexibility index (Phi) is 46.5. The van der Waals surface area contributed by atoms with Crippen molar-refractivity contribution < 1.29 is 126 Å². The van der Waals surface area contributed by atoms with Gasteiger partial charge in [0.05, 0.1) is 224 Å². The van der Waals surface area contributed by atoms with Crippen LogP contribution in [0.25, 0.3) is 0 Å². The molecule has 0 amide bonds. The largest absolute Gasteiger partial charge is 0.508 e. The number of aliphatic hydroxyl groups excluding tert-OH is 8. The molecule has 26 nitrogen and oxygen atoms in total. The highest BCUT2D eigenvalue weighted by Gasteiger charge is 2.37. The zero-order valence-electron chi connectivity index (χ0n) is 52.2. The van der Waals surface area contributed by atoms with Gasteiger partial charge in [0.1, 0.15) is 24.4 Å². The minimum atomic E-state index is -1.06. The molecule has 0 bridgehead atoms. The monoisotopic (exact) mass is 1210 g/mol. The highest BCUT2D eigenvalue weighted by molar-refractivity contribution is 5.60. The molecule has 0 saturated carbocycles. The van der Waals surface area contributed by atoms with Gasteiger partial charge in [-0.2, -0.15) is 0 Å². The summed E-state index contributed by atoms with van der Waals surface area (Å²) in [5.74, 6) is 0. The van der Waals surface area contributed by atoms with Gasteiger partial charge in [0.25, 0.3) is 0 Å². The molecule has 0 saturated heterocycles. The molecule has 496 valence electrons. The number of hydrogen-bond acceptors (Lipinski definition) is 26. The second kappa shape index (κ2) is 47.8. The van der Waals surface area contributed by atoms with Crippen LogP contribution < -0.4 is 0 Å². The Morgan fingerprint density at radius 1 is 0.277 bits per heavy atom. The Morgan fingerprint density at radius 3 is 0.675 bits per heavy atom. The van der Waals surface area contributed by atoms with Crippen molar-refractivity contribution in [3.63, 3.8) is 0 Å². The first-order chi connectivity index (χ1) is 39.3. The second-order valence-electron chi connectivity index (χ2n) is 22.5.